The van der Waals surface area contributed by atoms with Gasteiger partial charge in [0, 0.05) is 42.9 Å². The summed E-state index contributed by atoms with van der Waals surface area (Å²) in [5.74, 6) is -0.100. The predicted molar refractivity (Wildman–Crippen MR) is 103 cm³/mol. The molecular formula is C20H24ClN3O. The van der Waals surface area contributed by atoms with Crippen molar-refractivity contribution in [1.29, 1.82) is 0 Å². The van der Waals surface area contributed by atoms with Crippen LogP contribution >= 0.6 is 11.6 Å². The van der Waals surface area contributed by atoms with Gasteiger partial charge in [0.25, 0.3) is 0 Å². The maximum Gasteiger partial charge on any atom is 0.227 e. The molecule has 1 amide bonds. The van der Waals surface area contributed by atoms with Gasteiger partial charge >= 0.3 is 0 Å². The van der Waals surface area contributed by atoms with Crippen LogP contribution in [0.4, 0.5) is 5.69 Å². The second-order valence-electron chi connectivity index (χ2n) is 6.51. The molecule has 25 heavy (non-hydrogen) atoms. The number of hydrogen-bond acceptors (Lipinski definition) is 3. The molecule has 5 heteroatoms. The Labute approximate surface area is 154 Å². The van der Waals surface area contributed by atoms with E-state index in [0.29, 0.717) is 13.1 Å². The van der Waals surface area contributed by atoms with Crippen molar-refractivity contribution >= 4 is 23.2 Å². The Morgan fingerprint density at radius 3 is 2.20 bits per heavy atom. The Balaban J connectivity index is 1.58. The van der Waals surface area contributed by atoms with Crippen LogP contribution in [0.5, 0.6) is 0 Å². The summed E-state index contributed by atoms with van der Waals surface area (Å²) in [7, 11) is 0. The second kappa shape index (κ2) is 7.89. The highest BCUT2D eigenvalue weighted by Crippen LogP contribution is 2.23. The first-order valence-electron chi connectivity index (χ1n) is 8.66. The fourth-order valence-electron chi connectivity index (χ4n) is 3.24. The number of benzene rings is 2. The lowest BCUT2D eigenvalue weighted by molar-refractivity contribution is -0.136. The van der Waals surface area contributed by atoms with E-state index in [4.69, 9.17) is 17.3 Å². The second-order valence-corrected chi connectivity index (χ2v) is 6.95. The maximum atomic E-state index is 12.8. The minimum atomic E-state index is -0.275. The third-order valence-corrected chi connectivity index (χ3v) is 5.15. The first-order chi connectivity index (χ1) is 12.1. The standard InChI is InChI=1S/C20H24ClN3O/c1-15(19(22)16-5-3-2-4-6-16)20(25)24-13-11-23(12-14-24)18-9-7-17(21)8-10-18/h2-10,15,19H,11-14,22H2,1H3. The normalized spacial score (nSPS) is 17.2. The topological polar surface area (TPSA) is 49.6 Å². The van der Waals surface area contributed by atoms with E-state index in [0.717, 1.165) is 29.4 Å². The molecule has 1 aliphatic heterocycles. The van der Waals surface area contributed by atoms with E-state index in [1.807, 2.05) is 66.4 Å². The highest BCUT2D eigenvalue weighted by atomic mass is 35.5. The van der Waals surface area contributed by atoms with Crippen LogP contribution in [0, 0.1) is 5.92 Å². The Morgan fingerprint density at radius 1 is 1.00 bits per heavy atom. The zero-order valence-electron chi connectivity index (χ0n) is 14.4. The van der Waals surface area contributed by atoms with Gasteiger partial charge in [0.1, 0.15) is 0 Å². The van der Waals surface area contributed by atoms with Crippen LogP contribution in [0.1, 0.15) is 18.5 Å². The summed E-state index contributed by atoms with van der Waals surface area (Å²) in [6, 6.07) is 17.4. The molecule has 2 aromatic carbocycles. The zero-order valence-corrected chi connectivity index (χ0v) is 15.2. The van der Waals surface area contributed by atoms with Crippen molar-refractivity contribution in [2.24, 2.45) is 11.7 Å². The molecule has 1 aliphatic rings. The SMILES string of the molecule is CC(C(=O)N1CCN(c2ccc(Cl)cc2)CC1)C(N)c1ccccc1. The number of anilines is 1. The summed E-state index contributed by atoms with van der Waals surface area (Å²) < 4.78 is 0. The molecule has 2 atom stereocenters. The van der Waals surface area contributed by atoms with E-state index in [1.54, 1.807) is 0 Å². The average molecular weight is 358 g/mol. The van der Waals surface area contributed by atoms with Crippen molar-refractivity contribution in [3.8, 4) is 0 Å². The van der Waals surface area contributed by atoms with E-state index in [2.05, 4.69) is 4.90 Å². The molecule has 4 nitrogen and oxygen atoms in total. The van der Waals surface area contributed by atoms with Crippen molar-refractivity contribution in [3.05, 3.63) is 65.2 Å². The Bertz CT molecular complexity index is 697. The molecule has 0 bridgehead atoms. The minimum absolute atomic E-state index is 0.132. The van der Waals surface area contributed by atoms with Crippen LogP contribution in [0.15, 0.2) is 54.6 Å². The molecule has 0 aliphatic carbocycles. The summed E-state index contributed by atoms with van der Waals surface area (Å²) in [6.45, 7) is 4.99. The van der Waals surface area contributed by atoms with Gasteiger partial charge in [-0.25, -0.2) is 0 Å². The number of nitrogens with zero attached hydrogens (tertiary/aromatic N) is 2. The summed E-state index contributed by atoms with van der Waals surface area (Å²) in [6.07, 6.45) is 0. The van der Waals surface area contributed by atoms with Gasteiger partial charge in [-0.1, -0.05) is 48.9 Å². The molecule has 0 aromatic heterocycles. The van der Waals surface area contributed by atoms with Gasteiger partial charge in [-0.15, -0.1) is 0 Å². The smallest absolute Gasteiger partial charge is 0.227 e. The van der Waals surface area contributed by atoms with E-state index >= 15 is 0 Å². The molecule has 0 saturated carbocycles. The van der Waals surface area contributed by atoms with Crippen molar-refractivity contribution in [2.75, 3.05) is 31.1 Å². The maximum absolute atomic E-state index is 12.8. The van der Waals surface area contributed by atoms with Gasteiger partial charge < -0.3 is 15.5 Å². The zero-order chi connectivity index (χ0) is 17.8. The molecule has 0 radical (unpaired) electrons. The van der Waals surface area contributed by atoms with Crippen LogP contribution in [-0.4, -0.2) is 37.0 Å². The number of hydrogen-bond donors (Lipinski definition) is 1. The van der Waals surface area contributed by atoms with Gasteiger partial charge in [0.05, 0.1) is 5.92 Å². The van der Waals surface area contributed by atoms with Gasteiger partial charge in [0.2, 0.25) is 5.91 Å². The van der Waals surface area contributed by atoms with Crippen molar-refractivity contribution in [2.45, 2.75) is 13.0 Å². The molecule has 2 N–H and O–H groups in total. The Hall–Kier alpha value is -2.04. The lowest BCUT2D eigenvalue weighted by Gasteiger charge is -2.38. The number of halogens is 1. The van der Waals surface area contributed by atoms with Crippen LogP contribution in [0.25, 0.3) is 0 Å². The molecule has 1 saturated heterocycles. The Kier molecular flexibility index (Phi) is 5.61. The molecule has 1 fully saturated rings. The van der Waals surface area contributed by atoms with E-state index in [1.165, 1.54) is 0 Å². The lowest BCUT2D eigenvalue weighted by atomic mass is 9.94. The van der Waals surface area contributed by atoms with Crippen molar-refractivity contribution < 1.29 is 4.79 Å². The number of nitrogens with two attached hydrogens (primary N) is 1. The monoisotopic (exact) mass is 357 g/mol. The third kappa shape index (κ3) is 4.14. The Morgan fingerprint density at radius 2 is 1.60 bits per heavy atom. The first kappa shape index (κ1) is 17.8. The molecule has 2 unspecified atom stereocenters. The van der Waals surface area contributed by atoms with E-state index in [-0.39, 0.29) is 17.9 Å². The number of piperazine rings is 1. The van der Waals surface area contributed by atoms with E-state index in [9.17, 15) is 4.79 Å². The highest BCUT2D eigenvalue weighted by molar-refractivity contribution is 6.30. The summed E-state index contributed by atoms with van der Waals surface area (Å²) in [4.78, 5) is 17.0. The molecule has 132 valence electrons. The van der Waals surface area contributed by atoms with Gasteiger partial charge in [-0.05, 0) is 29.8 Å². The summed E-state index contributed by atoms with van der Waals surface area (Å²) in [5, 5.41) is 0.737. The molecule has 0 spiro atoms. The van der Waals surface area contributed by atoms with Crippen molar-refractivity contribution in [3.63, 3.8) is 0 Å². The minimum Gasteiger partial charge on any atom is -0.368 e. The van der Waals surface area contributed by atoms with Gasteiger partial charge in [-0.3, -0.25) is 4.79 Å². The summed E-state index contributed by atoms with van der Waals surface area (Å²) in [5.41, 5.74) is 8.46. The lowest BCUT2D eigenvalue weighted by Crippen LogP contribution is -2.51. The molecule has 1 heterocycles. The number of carbonyl (C=O) groups is 1. The van der Waals surface area contributed by atoms with E-state index < -0.39 is 0 Å². The molecular weight excluding hydrogens is 334 g/mol. The average Bonchev–Trinajstić information content (AvgIpc) is 2.67. The van der Waals surface area contributed by atoms with Gasteiger partial charge in [0.15, 0.2) is 0 Å². The third-order valence-electron chi connectivity index (χ3n) is 4.90. The number of rotatable bonds is 4. The van der Waals surface area contributed by atoms with Crippen LogP contribution in [-0.2, 0) is 4.79 Å². The highest BCUT2D eigenvalue weighted by Gasteiger charge is 2.29. The fraction of sp³-hybridized carbons (Fsp3) is 0.350. The quantitative estimate of drug-likeness (QED) is 0.913. The largest absolute Gasteiger partial charge is 0.368 e. The summed E-state index contributed by atoms with van der Waals surface area (Å²) >= 11 is 5.95. The first-order valence-corrected chi connectivity index (χ1v) is 9.04. The number of carbonyl (C=O) groups excluding carboxylic acids is 1. The fourth-order valence-corrected chi connectivity index (χ4v) is 3.37. The van der Waals surface area contributed by atoms with Crippen LogP contribution in [0.3, 0.4) is 0 Å². The van der Waals surface area contributed by atoms with Crippen LogP contribution in [0.2, 0.25) is 5.02 Å². The van der Waals surface area contributed by atoms with Crippen LogP contribution < -0.4 is 10.6 Å². The van der Waals surface area contributed by atoms with Gasteiger partial charge in [-0.2, -0.15) is 0 Å². The van der Waals surface area contributed by atoms with Crippen molar-refractivity contribution in [1.82, 2.24) is 4.90 Å². The number of amides is 1. The molecule has 3 rings (SSSR count). The molecule has 2 aromatic rings. The predicted octanol–water partition coefficient (Wildman–Crippen LogP) is 3.32.